The van der Waals surface area contributed by atoms with Crippen molar-refractivity contribution < 1.29 is 13.2 Å². The van der Waals surface area contributed by atoms with Crippen LogP contribution in [0.5, 0.6) is 0 Å². The van der Waals surface area contributed by atoms with Gasteiger partial charge in [0.15, 0.2) is 0 Å². The van der Waals surface area contributed by atoms with E-state index < -0.39 is 10.0 Å². The number of hydrogen-bond donors (Lipinski definition) is 2. The van der Waals surface area contributed by atoms with Crippen LogP contribution in [0.1, 0.15) is 12.0 Å². The molecule has 1 amide bonds. The Bertz CT molecular complexity index is 705. The Hall–Kier alpha value is -1.15. The molecule has 0 radical (unpaired) electrons. The fourth-order valence-electron chi connectivity index (χ4n) is 2.74. The number of carbonyl (C=O) groups excluding carboxylic acids is 1. The molecule has 6 nitrogen and oxygen atoms in total. The van der Waals surface area contributed by atoms with Crippen molar-refractivity contribution in [3.05, 3.63) is 22.7 Å². The number of likely N-dealkylation sites (N-methyl/N-ethyl adjacent to an activating group) is 1. The molecule has 2 aliphatic rings. The van der Waals surface area contributed by atoms with Gasteiger partial charge < -0.3 is 10.6 Å². The molecule has 0 bridgehead atoms. The second kappa shape index (κ2) is 5.24. The highest BCUT2D eigenvalue weighted by molar-refractivity contribution is 7.89. The molecule has 0 saturated carbocycles. The normalized spacial score (nSPS) is 22.4. The van der Waals surface area contributed by atoms with Crippen LogP contribution < -0.4 is 10.6 Å². The van der Waals surface area contributed by atoms with Crippen LogP contribution in [0.2, 0.25) is 5.02 Å². The molecule has 2 N–H and O–H groups in total. The summed E-state index contributed by atoms with van der Waals surface area (Å²) in [5.41, 5.74) is 1.27. The molecule has 3 rings (SSSR count). The summed E-state index contributed by atoms with van der Waals surface area (Å²) in [6, 6.07) is 3.19. The molecular formula is C13H16ClN3O3S. The lowest BCUT2D eigenvalue weighted by Gasteiger charge is -2.18. The van der Waals surface area contributed by atoms with E-state index in [2.05, 4.69) is 10.6 Å². The Balaban J connectivity index is 1.97. The Morgan fingerprint density at radius 1 is 1.43 bits per heavy atom. The highest BCUT2D eigenvalue weighted by Crippen LogP contribution is 2.34. The molecule has 0 aromatic heterocycles. The van der Waals surface area contributed by atoms with Crippen LogP contribution in [0.4, 0.5) is 5.69 Å². The highest BCUT2D eigenvalue weighted by atomic mass is 35.5. The number of fused-ring (bicyclic) bond motifs is 1. The van der Waals surface area contributed by atoms with Gasteiger partial charge in [0.2, 0.25) is 15.9 Å². The van der Waals surface area contributed by atoms with Crippen molar-refractivity contribution in [3.63, 3.8) is 0 Å². The van der Waals surface area contributed by atoms with Crippen molar-refractivity contribution in [1.29, 1.82) is 0 Å². The predicted molar refractivity (Wildman–Crippen MR) is 80.0 cm³/mol. The van der Waals surface area contributed by atoms with Gasteiger partial charge >= 0.3 is 0 Å². The molecule has 1 fully saturated rings. The van der Waals surface area contributed by atoms with E-state index in [0.29, 0.717) is 24.3 Å². The summed E-state index contributed by atoms with van der Waals surface area (Å²) in [4.78, 5) is 11.5. The first kappa shape index (κ1) is 14.8. The van der Waals surface area contributed by atoms with Gasteiger partial charge in [-0.05, 0) is 31.2 Å². The summed E-state index contributed by atoms with van der Waals surface area (Å²) in [7, 11) is -1.81. The minimum Gasteiger partial charge on any atom is -0.325 e. The van der Waals surface area contributed by atoms with Crippen molar-refractivity contribution >= 4 is 33.2 Å². The number of rotatable bonds is 3. The van der Waals surface area contributed by atoms with Gasteiger partial charge in [0.25, 0.3) is 0 Å². The first-order valence-corrected chi connectivity index (χ1v) is 8.53. The van der Waals surface area contributed by atoms with Gasteiger partial charge in [-0.2, -0.15) is 4.31 Å². The Morgan fingerprint density at radius 3 is 2.86 bits per heavy atom. The molecular weight excluding hydrogens is 314 g/mol. The Labute approximate surface area is 128 Å². The van der Waals surface area contributed by atoms with E-state index in [9.17, 15) is 13.2 Å². The topological polar surface area (TPSA) is 78.5 Å². The molecule has 8 heteroatoms. The average molecular weight is 330 g/mol. The van der Waals surface area contributed by atoms with Crippen LogP contribution in [-0.4, -0.2) is 44.8 Å². The number of hydrogen-bond acceptors (Lipinski definition) is 4. The fraction of sp³-hybridized carbons (Fsp3) is 0.462. The van der Waals surface area contributed by atoms with Gasteiger partial charge in [-0.3, -0.25) is 4.79 Å². The lowest BCUT2D eigenvalue weighted by atomic mass is 10.2. The third-order valence-electron chi connectivity index (χ3n) is 3.96. The zero-order chi connectivity index (χ0) is 15.2. The summed E-state index contributed by atoms with van der Waals surface area (Å²) < 4.78 is 26.8. The van der Waals surface area contributed by atoms with E-state index in [1.165, 1.54) is 16.4 Å². The second-order valence-corrected chi connectivity index (χ2v) is 7.62. The fourth-order valence-corrected chi connectivity index (χ4v) is 4.80. The molecule has 1 aromatic carbocycles. The smallest absolute Gasteiger partial charge is 0.244 e. The first-order valence-electron chi connectivity index (χ1n) is 6.71. The van der Waals surface area contributed by atoms with E-state index >= 15 is 0 Å². The highest BCUT2D eigenvalue weighted by Gasteiger charge is 2.34. The van der Waals surface area contributed by atoms with Crippen LogP contribution in [0.15, 0.2) is 17.0 Å². The second-order valence-electron chi connectivity index (χ2n) is 5.30. The Morgan fingerprint density at radius 2 is 2.19 bits per heavy atom. The van der Waals surface area contributed by atoms with Crippen molar-refractivity contribution in [1.82, 2.24) is 9.62 Å². The lowest BCUT2D eigenvalue weighted by Crippen LogP contribution is -2.33. The number of sulfonamides is 1. The number of nitrogens with zero attached hydrogens (tertiary/aromatic N) is 1. The summed E-state index contributed by atoms with van der Waals surface area (Å²) in [5, 5.41) is 5.89. The van der Waals surface area contributed by atoms with Crippen molar-refractivity contribution in [2.75, 3.05) is 25.5 Å². The number of nitrogens with one attached hydrogen (secondary N) is 2. The maximum atomic E-state index is 12.7. The van der Waals surface area contributed by atoms with Crippen LogP contribution in [0.3, 0.4) is 0 Å². The van der Waals surface area contributed by atoms with Crippen LogP contribution in [0, 0.1) is 0 Å². The number of benzene rings is 1. The standard InChI is InChI=1S/C13H16ClN3O3S/c1-15-9-2-3-17(7-9)21(19,20)12-4-8-5-13(18)16-11(8)6-10(12)14/h4,6,9,15H,2-3,5,7H2,1H3,(H,16,18). The average Bonchev–Trinajstić information content (AvgIpc) is 3.02. The third kappa shape index (κ3) is 2.55. The number of anilines is 1. The summed E-state index contributed by atoms with van der Waals surface area (Å²) >= 11 is 6.12. The van der Waals surface area contributed by atoms with E-state index in [0.717, 1.165) is 6.42 Å². The van der Waals surface area contributed by atoms with Gasteiger partial charge in [0, 0.05) is 24.8 Å². The first-order chi connectivity index (χ1) is 9.91. The van der Waals surface area contributed by atoms with Crippen molar-refractivity contribution in [3.8, 4) is 0 Å². The van der Waals surface area contributed by atoms with Gasteiger partial charge in [-0.15, -0.1) is 0 Å². The van der Waals surface area contributed by atoms with E-state index in [1.807, 2.05) is 7.05 Å². The van der Waals surface area contributed by atoms with Crippen molar-refractivity contribution in [2.45, 2.75) is 23.8 Å². The molecule has 0 aliphatic carbocycles. The predicted octanol–water partition coefficient (Wildman–Crippen LogP) is 0.817. The minimum absolute atomic E-state index is 0.0798. The molecule has 2 aliphatic heterocycles. The lowest BCUT2D eigenvalue weighted by molar-refractivity contribution is -0.115. The van der Waals surface area contributed by atoms with Gasteiger partial charge in [-0.25, -0.2) is 8.42 Å². The molecule has 21 heavy (non-hydrogen) atoms. The Kier molecular flexibility index (Phi) is 3.69. The minimum atomic E-state index is -3.63. The van der Waals surface area contributed by atoms with Crippen LogP contribution in [0.25, 0.3) is 0 Å². The number of halogens is 1. The molecule has 2 heterocycles. The summed E-state index contributed by atoms with van der Waals surface area (Å²) in [6.07, 6.45) is 0.965. The van der Waals surface area contributed by atoms with E-state index in [4.69, 9.17) is 11.6 Å². The third-order valence-corrected chi connectivity index (χ3v) is 6.29. The molecule has 0 spiro atoms. The monoisotopic (exact) mass is 329 g/mol. The van der Waals surface area contributed by atoms with Crippen LogP contribution in [-0.2, 0) is 21.2 Å². The zero-order valence-corrected chi connectivity index (χ0v) is 13.1. The summed E-state index contributed by atoms with van der Waals surface area (Å²) in [6.45, 7) is 0.905. The van der Waals surface area contributed by atoms with Crippen LogP contribution >= 0.6 is 11.6 Å². The molecule has 114 valence electrons. The molecule has 1 unspecified atom stereocenters. The zero-order valence-electron chi connectivity index (χ0n) is 11.5. The van der Waals surface area contributed by atoms with E-state index in [-0.39, 0.29) is 28.3 Å². The molecule has 1 saturated heterocycles. The SMILES string of the molecule is CNC1CCN(S(=O)(=O)c2cc3c(cc2Cl)NC(=O)C3)C1. The van der Waals surface area contributed by atoms with E-state index in [1.54, 1.807) is 0 Å². The van der Waals surface area contributed by atoms with Gasteiger partial charge in [0.05, 0.1) is 11.4 Å². The molecule has 1 atom stereocenters. The number of amides is 1. The van der Waals surface area contributed by atoms with Gasteiger partial charge in [0.1, 0.15) is 4.90 Å². The maximum absolute atomic E-state index is 12.7. The largest absolute Gasteiger partial charge is 0.325 e. The van der Waals surface area contributed by atoms with Crippen molar-refractivity contribution in [2.24, 2.45) is 0 Å². The quantitative estimate of drug-likeness (QED) is 0.860. The van der Waals surface area contributed by atoms with Gasteiger partial charge in [-0.1, -0.05) is 11.6 Å². The number of carbonyl (C=O) groups is 1. The maximum Gasteiger partial charge on any atom is 0.244 e. The molecule has 1 aromatic rings. The summed E-state index contributed by atoms with van der Waals surface area (Å²) in [5.74, 6) is -0.146.